The van der Waals surface area contributed by atoms with Crippen molar-refractivity contribution in [3.05, 3.63) is 0 Å². The summed E-state index contributed by atoms with van der Waals surface area (Å²) in [6.07, 6.45) is -4.11. The Morgan fingerprint density at radius 2 is 1.71 bits per heavy atom. The topological polar surface area (TPSA) is 15.3 Å². The molecule has 0 bridgehead atoms. The molecule has 0 aromatic heterocycles. The highest BCUT2D eigenvalue weighted by atomic mass is 19.4. The SMILES string of the molecule is CC(C)N(C)C(C)CNCC(F)(F)F. The Balaban J connectivity index is 3.69. The van der Waals surface area contributed by atoms with Crippen molar-refractivity contribution in [3.63, 3.8) is 0 Å². The molecule has 0 aromatic carbocycles. The molecule has 0 aliphatic heterocycles. The average molecular weight is 212 g/mol. The molecule has 1 atom stereocenters. The molecule has 0 fully saturated rings. The average Bonchev–Trinajstić information content (AvgIpc) is 2.00. The minimum Gasteiger partial charge on any atom is -0.307 e. The van der Waals surface area contributed by atoms with Crippen molar-refractivity contribution < 1.29 is 13.2 Å². The van der Waals surface area contributed by atoms with Crippen molar-refractivity contribution in [3.8, 4) is 0 Å². The molecular formula is C9H19F3N2. The van der Waals surface area contributed by atoms with Crippen molar-refractivity contribution >= 4 is 0 Å². The Morgan fingerprint density at radius 3 is 2.07 bits per heavy atom. The lowest BCUT2D eigenvalue weighted by Crippen LogP contribution is -2.43. The molecule has 0 aliphatic rings. The smallest absolute Gasteiger partial charge is 0.307 e. The zero-order chi connectivity index (χ0) is 11.4. The summed E-state index contributed by atoms with van der Waals surface area (Å²) in [5.74, 6) is 0. The van der Waals surface area contributed by atoms with E-state index in [0.717, 1.165) is 0 Å². The van der Waals surface area contributed by atoms with Crippen LogP contribution in [0.15, 0.2) is 0 Å². The van der Waals surface area contributed by atoms with Gasteiger partial charge in [0, 0.05) is 18.6 Å². The van der Waals surface area contributed by atoms with Gasteiger partial charge in [-0.3, -0.25) is 0 Å². The third kappa shape index (κ3) is 6.21. The molecule has 0 saturated carbocycles. The maximum atomic E-state index is 11.8. The van der Waals surface area contributed by atoms with E-state index in [0.29, 0.717) is 12.6 Å². The van der Waals surface area contributed by atoms with Crippen LogP contribution in [0.2, 0.25) is 0 Å². The highest BCUT2D eigenvalue weighted by Crippen LogP contribution is 2.12. The number of halogens is 3. The minimum absolute atomic E-state index is 0.109. The molecular weight excluding hydrogens is 193 g/mol. The largest absolute Gasteiger partial charge is 0.401 e. The zero-order valence-electron chi connectivity index (χ0n) is 9.15. The summed E-state index contributed by atoms with van der Waals surface area (Å²) in [6.45, 7) is 5.38. The molecule has 0 aromatic rings. The van der Waals surface area contributed by atoms with Gasteiger partial charge in [-0.15, -0.1) is 0 Å². The van der Waals surface area contributed by atoms with E-state index in [9.17, 15) is 13.2 Å². The Labute approximate surface area is 83.5 Å². The number of likely N-dealkylation sites (N-methyl/N-ethyl adjacent to an activating group) is 1. The van der Waals surface area contributed by atoms with Crippen LogP contribution in [-0.2, 0) is 0 Å². The first-order valence-corrected chi connectivity index (χ1v) is 4.73. The summed E-state index contributed by atoms with van der Waals surface area (Å²) in [4.78, 5) is 2.03. The van der Waals surface area contributed by atoms with E-state index in [1.54, 1.807) is 0 Å². The molecule has 1 N–H and O–H groups in total. The third-order valence-corrected chi connectivity index (χ3v) is 2.27. The number of rotatable bonds is 5. The molecule has 1 unspecified atom stereocenters. The lowest BCUT2D eigenvalue weighted by atomic mass is 10.2. The van der Waals surface area contributed by atoms with Crippen LogP contribution in [-0.4, -0.2) is 43.3 Å². The summed E-state index contributed by atoms with van der Waals surface area (Å²) < 4.78 is 35.4. The van der Waals surface area contributed by atoms with Crippen molar-refractivity contribution in [2.24, 2.45) is 0 Å². The van der Waals surface area contributed by atoms with Gasteiger partial charge in [0.2, 0.25) is 0 Å². The molecule has 0 rings (SSSR count). The van der Waals surface area contributed by atoms with Crippen LogP contribution >= 0.6 is 0 Å². The fourth-order valence-corrected chi connectivity index (χ4v) is 1.08. The second-order valence-corrected chi connectivity index (χ2v) is 3.85. The number of nitrogens with one attached hydrogen (secondary N) is 1. The summed E-state index contributed by atoms with van der Waals surface area (Å²) >= 11 is 0. The van der Waals surface area contributed by atoms with Crippen LogP contribution in [0.5, 0.6) is 0 Å². The Bertz CT molecular complexity index is 157. The van der Waals surface area contributed by atoms with Crippen LogP contribution in [0, 0.1) is 0 Å². The highest BCUT2D eigenvalue weighted by Gasteiger charge is 2.26. The van der Waals surface area contributed by atoms with E-state index in [1.165, 1.54) is 0 Å². The minimum atomic E-state index is -4.11. The van der Waals surface area contributed by atoms with Crippen molar-refractivity contribution in [2.45, 2.75) is 39.0 Å². The Kier molecular flexibility index (Phi) is 5.44. The number of hydrogen-bond donors (Lipinski definition) is 1. The normalized spacial score (nSPS) is 15.2. The van der Waals surface area contributed by atoms with Gasteiger partial charge in [-0.2, -0.15) is 13.2 Å². The lowest BCUT2D eigenvalue weighted by Gasteiger charge is -2.28. The second-order valence-electron chi connectivity index (χ2n) is 3.85. The van der Waals surface area contributed by atoms with E-state index < -0.39 is 12.7 Å². The van der Waals surface area contributed by atoms with Crippen LogP contribution in [0.1, 0.15) is 20.8 Å². The van der Waals surface area contributed by atoms with Crippen molar-refractivity contribution in [1.82, 2.24) is 10.2 Å². The third-order valence-electron chi connectivity index (χ3n) is 2.27. The molecule has 0 spiro atoms. The fraction of sp³-hybridized carbons (Fsp3) is 1.00. The predicted molar refractivity (Wildman–Crippen MR) is 51.3 cm³/mol. The van der Waals surface area contributed by atoms with E-state index >= 15 is 0 Å². The first kappa shape index (κ1) is 13.7. The highest BCUT2D eigenvalue weighted by molar-refractivity contribution is 4.70. The molecule has 0 saturated heterocycles. The maximum Gasteiger partial charge on any atom is 0.401 e. The summed E-state index contributed by atoms with van der Waals surface area (Å²) in [7, 11) is 1.91. The number of alkyl halides is 3. The second kappa shape index (κ2) is 5.56. The molecule has 0 amide bonds. The summed E-state index contributed by atoms with van der Waals surface area (Å²) in [5, 5.41) is 2.39. The number of nitrogens with zero attached hydrogens (tertiary/aromatic N) is 1. The van der Waals surface area contributed by atoms with Gasteiger partial charge in [-0.25, -0.2) is 0 Å². The predicted octanol–water partition coefficient (Wildman–Crippen LogP) is 1.87. The standard InChI is InChI=1S/C9H19F3N2/c1-7(2)14(4)8(3)5-13-6-9(10,11)12/h7-8,13H,5-6H2,1-4H3. The van der Waals surface area contributed by atoms with Gasteiger partial charge in [0.1, 0.15) is 0 Å². The lowest BCUT2D eigenvalue weighted by molar-refractivity contribution is -0.125. The molecule has 86 valence electrons. The summed E-state index contributed by atoms with van der Waals surface area (Å²) in [6, 6.07) is 0.454. The van der Waals surface area contributed by atoms with E-state index in [2.05, 4.69) is 5.32 Å². The van der Waals surface area contributed by atoms with Gasteiger partial charge < -0.3 is 10.2 Å². The van der Waals surface area contributed by atoms with Gasteiger partial charge >= 0.3 is 6.18 Å². The van der Waals surface area contributed by atoms with Gasteiger partial charge in [0.05, 0.1) is 6.54 Å². The maximum absolute atomic E-state index is 11.8. The Hall–Kier alpha value is -0.290. The van der Waals surface area contributed by atoms with E-state index in [1.807, 2.05) is 32.7 Å². The van der Waals surface area contributed by atoms with Crippen LogP contribution < -0.4 is 5.32 Å². The van der Waals surface area contributed by atoms with E-state index in [4.69, 9.17) is 0 Å². The molecule has 0 radical (unpaired) electrons. The van der Waals surface area contributed by atoms with Gasteiger partial charge in [-0.1, -0.05) is 0 Å². The number of hydrogen-bond acceptors (Lipinski definition) is 2. The summed E-state index contributed by atoms with van der Waals surface area (Å²) in [5.41, 5.74) is 0. The van der Waals surface area contributed by atoms with Gasteiger partial charge in [-0.05, 0) is 27.8 Å². The van der Waals surface area contributed by atoms with Crippen LogP contribution in [0.25, 0.3) is 0 Å². The zero-order valence-corrected chi connectivity index (χ0v) is 9.15. The quantitative estimate of drug-likeness (QED) is 0.748. The van der Waals surface area contributed by atoms with Gasteiger partial charge in [0.15, 0.2) is 0 Å². The molecule has 2 nitrogen and oxygen atoms in total. The van der Waals surface area contributed by atoms with E-state index in [-0.39, 0.29) is 6.04 Å². The monoisotopic (exact) mass is 212 g/mol. The molecule has 5 heteroatoms. The van der Waals surface area contributed by atoms with Crippen molar-refractivity contribution in [1.29, 1.82) is 0 Å². The molecule has 0 heterocycles. The fourth-order valence-electron chi connectivity index (χ4n) is 1.08. The molecule has 0 aliphatic carbocycles. The molecule has 14 heavy (non-hydrogen) atoms. The van der Waals surface area contributed by atoms with Crippen LogP contribution in [0.4, 0.5) is 13.2 Å². The Morgan fingerprint density at radius 1 is 1.21 bits per heavy atom. The van der Waals surface area contributed by atoms with Gasteiger partial charge in [0.25, 0.3) is 0 Å². The van der Waals surface area contributed by atoms with Crippen LogP contribution in [0.3, 0.4) is 0 Å². The van der Waals surface area contributed by atoms with Crippen molar-refractivity contribution in [2.75, 3.05) is 20.1 Å². The first-order valence-electron chi connectivity index (χ1n) is 4.73. The first-order chi connectivity index (χ1) is 6.24.